The number of hydrogen-bond acceptors (Lipinski definition) is 2. The number of rotatable bonds is 1. The molecule has 0 spiro atoms. The van der Waals surface area contributed by atoms with Crippen molar-refractivity contribution in [1.82, 2.24) is 0 Å². The van der Waals surface area contributed by atoms with E-state index in [1.54, 1.807) is 0 Å². The Morgan fingerprint density at radius 2 is 1.84 bits per heavy atom. The van der Waals surface area contributed by atoms with Crippen molar-refractivity contribution in [2.45, 2.75) is 53.1 Å². The lowest BCUT2D eigenvalue weighted by molar-refractivity contribution is 0.507. The molecule has 2 heteroatoms. The molecule has 0 saturated carbocycles. The first-order chi connectivity index (χ1) is 8.77. The average molecular weight is 254 g/mol. The molecule has 0 amide bonds. The van der Waals surface area contributed by atoms with Crippen molar-refractivity contribution in [3.63, 3.8) is 0 Å². The fourth-order valence-electron chi connectivity index (χ4n) is 3.26. The third-order valence-electron chi connectivity index (χ3n) is 3.85. The summed E-state index contributed by atoms with van der Waals surface area (Å²) < 4.78 is 0. The highest BCUT2D eigenvalue weighted by Gasteiger charge is 2.33. The molecule has 2 nitrogen and oxygen atoms in total. The molecule has 1 aliphatic heterocycles. The van der Waals surface area contributed by atoms with E-state index in [0.29, 0.717) is 6.04 Å². The van der Waals surface area contributed by atoms with Gasteiger partial charge in [-0.2, -0.15) is 5.26 Å². The predicted octanol–water partition coefficient (Wildman–Crippen LogP) is 4.28. The Kier molecular flexibility index (Phi) is 3.18. The molecule has 1 heterocycles. The van der Waals surface area contributed by atoms with E-state index in [2.05, 4.69) is 57.7 Å². The quantitative estimate of drug-likeness (QED) is 0.748. The molecule has 0 atom stereocenters. The van der Waals surface area contributed by atoms with Gasteiger partial charge in [0.05, 0.1) is 17.2 Å². The van der Waals surface area contributed by atoms with Crippen LogP contribution < -0.4 is 4.90 Å². The molecule has 0 radical (unpaired) electrons. The molecule has 1 aromatic carbocycles. The summed E-state index contributed by atoms with van der Waals surface area (Å²) in [5.41, 5.74) is 5.53. The minimum atomic E-state index is 0.00580. The van der Waals surface area contributed by atoms with Crippen molar-refractivity contribution < 1.29 is 0 Å². The van der Waals surface area contributed by atoms with Crippen LogP contribution in [0.5, 0.6) is 0 Å². The Morgan fingerprint density at radius 3 is 2.37 bits per heavy atom. The molecule has 19 heavy (non-hydrogen) atoms. The molecule has 0 aromatic heterocycles. The zero-order valence-electron chi connectivity index (χ0n) is 12.7. The van der Waals surface area contributed by atoms with Gasteiger partial charge in [0, 0.05) is 17.3 Å². The number of nitrogens with zero attached hydrogens (tertiary/aromatic N) is 2. The standard InChI is InChI=1S/C17H22N2/c1-11(2)19-16-7-12(3)14(10-18)8-15(16)13(4)9-17(19,5)6/h7-9,11H,1-6H3. The van der Waals surface area contributed by atoms with Crippen molar-refractivity contribution in [2.24, 2.45) is 0 Å². The predicted molar refractivity (Wildman–Crippen MR) is 81.2 cm³/mol. The first-order valence-electron chi connectivity index (χ1n) is 6.82. The highest BCUT2D eigenvalue weighted by molar-refractivity contribution is 5.82. The van der Waals surface area contributed by atoms with Crippen molar-refractivity contribution in [3.8, 4) is 6.07 Å². The fourth-order valence-corrected chi connectivity index (χ4v) is 3.26. The van der Waals surface area contributed by atoms with Crippen LogP contribution in [0.25, 0.3) is 5.57 Å². The summed E-state index contributed by atoms with van der Waals surface area (Å²) in [4.78, 5) is 2.43. The molecule has 0 saturated heterocycles. The zero-order valence-corrected chi connectivity index (χ0v) is 12.7. The van der Waals surface area contributed by atoms with E-state index in [9.17, 15) is 5.26 Å². The van der Waals surface area contributed by atoms with E-state index < -0.39 is 0 Å². The van der Waals surface area contributed by atoms with Crippen LogP contribution >= 0.6 is 0 Å². The highest BCUT2D eigenvalue weighted by Crippen LogP contribution is 2.41. The second-order valence-corrected chi connectivity index (χ2v) is 6.24. The summed E-state index contributed by atoms with van der Waals surface area (Å²) in [7, 11) is 0. The summed E-state index contributed by atoms with van der Waals surface area (Å²) >= 11 is 0. The van der Waals surface area contributed by atoms with Gasteiger partial charge in [-0.1, -0.05) is 6.08 Å². The van der Waals surface area contributed by atoms with E-state index in [-0.39, 0.29) is 5.54 Å². The topological polar surface area (TPSA) is 27.0 Å². The molecule has 0 aliphatic carbocycles. The molecule has 0 fully saturated rings. The van der Waals surface area contributed by atoms with Crippen molar-refractivity contribution >= 4 is 11.3 Å². The largest absolute Gasteiger partial charge is 0.360 e. The van der Waals surface area contributed by atoms with E-state index in [1.807, 2.05) is 13.0 Å². The number of hydrogen-bond donors (Lipinski definition) is 0. The maximum Gasteiger partial charge on any atom is 0.0994 e. The lowest BCUT2D eigenvalue weighted by atomic mass is 9.86. The second kappa shape index (κ2) is 4.42. The molecule has 1 aromatic rings. The van der Waals surface area contributed by atoms with Gasteiger partial charge in [-0.15, -0.1) is 0 Å². The van der Waals surface area contributed by atoms with E-state index >= 15 is 0 Å². The van der Waals surface area contributed by atoms with Crippen molar-refractivity contribution in [3.05, 3.63) is 34.9 Å². The third kappa shape index (κ3) is 2.14. The monoisotopic (exact) mass is 254 g/mol. The Balaban J connectivity index is 2.73. The molecule has 1 aliphatic rings. The van der Waals surface area contributed by atoms with Gasteiger partial charge >= 0.3 is 0 Å². The lowest BCUT2D eigenvalue weighted by Gasteiger charge is -2.46. The Morgan fingerprint density at radius 1 is 1.21 bits per heavy atom. The number of aryl methyl sites for hydroxylation is 1. The van der Waals surface area contributed by atoms with Gasteiger partial charge < -0.3 is 4.90 Å². The van der Waals surface area contributed by atoms with E-state index in [0.717, 1.165) is 11.1 Å². The van der Waals surface area contributed by atoms with Crippen LogP contribution in [0, 0.1) is 18.3 Å². The first kappa shape index (κ1) is 13.7. The summed E-state index contributed by atoms with van der Waals surface area (Å²) in [6.45, 7) is 13.1. The van der Waals surface area contributed by atoms with Gasteiger partial charge in [0.1, 0.15) is 0 Å². The van der Waals surface area contributed by atoms with Crippen LogP contribution in [0.2, 0.25) is 0 Å². The lowest BCUT2D eigenvalue weighted by Crippen LogP contribution is -2.49. The fraction of sp³-hybridized carbons (Fsp3) is 0.471. The van der Waals surface area contributed by atoms with Crippen LogP contribution in [0.15, 0.2) is 18.2 Å². The zero-order chi connectivity index (χ0) is 14.4. The van der Waals surface area contributed by atoms with E-state index in [1.165, 1.54) is 16.8 Å². The molecule has 0 N–H and O–H groups in total. The van der Waals surface area contributed by atoms with Crippen LogP contribution in [0.4, 0.5) is 5.69 Å². The number of anilines is 1. The third-order valence-corrected chi connectivity index (χ3v) is 3.85. The molecular formula is C17H22N2. The molecule has 100 valence electrons. The summed E-state index contributed by atoms with van der Waals surface area (Å²) in [6, 6.07) is 6.89. The normalized spacial score (nSPS) is 16.9. The molecule has 0 unspecified atom stereocenters. The Labute approximate surface area is 116 Å². The Bertz CT molecular complexity index is 586. The maximum absolute atomic E-state index is 9.20. The van der Waals surface area contributed by atoms with Gasteiger partial charge in [-0.05, 0) is 64.8 Å². The number of benzene rings is 1. The Hall–Kier alpha value is -1.75. The van der Waals surface area contributed by atoms with Gasteiger partial charge in [-0.3, -0.25) is 0 Å². The minimum absolute atomic E-state index is 0.00580. The highest BCUT2D eigenvalue weighted by atomic mass is 15.2. The van der Waals surface area contributed by atoms with Crippen molar-refractivity contribution in [1.29, 1.82) is 5.26 Å². The number of nitriles is 1. The maximum atomic E-state index is 9.20. The van der Waals surface area contributed by atoms with Gasteiger partial charge in [0.15, 0.2) is 0 Å². The molecular weight excluding hydrogens is 232 g/mol. The minimum Gasteiger partial charge on any atom is -0.360 e. The van der Waals surface area contributed by atoms with Crippen LogP contribution in [-0.4, -0.2) is 11.6 Å². The molecule has 0 bridgehead atoms. The van der Waals surface area contributed by atoms with Gasteiger partial charge in [0.2, 0.25) is 0 Å². The van der Waals surface area contributed by atoms with Crippen molar-refractivity contribution in [2.75, 3.05) is 4.90 Å². The molecule has 2 rings (SSSR count). The average Bonchev–Trinajstić information content (AvgIpc) is 2.26. The second-order valence-electron chi connectivity index (χ2n) is 6.24. The van der Waals surface area contributed by atoms with Gasteiger partial charge in [-0.25, -0.2) is 0 Å². The van der Waals surface area contributed by atoms with Crippen LogP contribution in [0.3, 0.4) is 0 Å². The summed E-state index contributed by atoms with van der Waals surface area (Å²) in [6.07, 6.45) is 2.30. The smallest absolute Gasteiger partial charge is 0.0994 e. The van der Waals surface area contributed by atoms with Crippen LogP contribution in [0.1, 0.15) is 51.3 Å². The van der Waals surface area contributed by atoms with Gasteiger partial charge in [0.25, 0.3) is 0 Å². The number of allylic oxidation sites excluding steroid dienone is 1. The first-order valence-corrected chi connectivity index (χ1v) is 6.82. The van der Waals surface area contributed by atoms with Crippen LogP contribution in [-0.2, 0) is 0 Å². The van der Waals surface area contributed by atoms with E-state index in [4.69, 9.17) is 0 Å². The summed E-state index contributed by atoms with van der Waals surface area (Å²) in [5.74, 6) is 0. The SMILES string of the molecule is CC1=CC(C)(C)N(C(C)C)c2cc(C)c(C#N)cc21. The number of fused-ring (bicyclic) bond motifs is 1. The summed E-state index contributed by atoms with van der Waals surface area (Å²) in [5, 5.41) is 9.20.